The van der Waals surface area contributed by atoms with E-state index in [1.807, 2.05) is 24.1 Å². The van der Waals surface area contributed by atoms with Gasteiger partial charge in [-0.15, -0.1) is 6.42 Å². The van der Waals surface area contributed by atoms with Crippen LogP contribution in [-0.2, 0) is 11.2 Å². The lowest BCUT2D eigenvalue weighted by atomic mass is 10.1. The van der Waals surface area contributed by atoms with Crippen LogP contribution in [0.4, 0.5) is 0 Å². The summed E-state index contributed by atoms with van der Waals surface area (Å²) in [6.07, 6.45) is 5.92. The Morgan fingerprint density at radius 2 is 2.10 bits per heavy atom. The largest absolute Gasteiger partial charge is 0.482 e. The maximum atomic E-state index is 10.4. The molecule has 1 rings (SSSR count). The molecular formula is C15H19NO4. The van der Waals surface area contributed by atoms with E-state index in [4.69, 9.17) is 16.3 Å². The van der Waals surface area contributed by atoms with Crippen LogP contribution in [0.3, 0.4) is 0 Å². The number of benzene rings is 1. The number of aliphatic hydroxyl groups is 1. The van der Waals surface area contributed by atoms with E-state index in [0.29, 0.717) is 18.7 Å². The fourth-order valence-corrected chi connectivity index (χ4v) is 1.77. The van der Waals surface area contributed by atoms with Gasteiger partial charge in [0.05, 0.1) is 13.2 Å². The molecule has 0 saturated carbocycles. The van der Waals surface area contributed by atoms with E-state index >= 15 is 0 Å². The minimum Gasteiger partial charge on any atom is -0.482 e. The van der Waals surface area contributed by atoms with E-state index in [1.54, 1.807) is 12.1 Å². The van der Waals surface area contributed by atoms with Crippen LogP contribution in [0.1, 0.15) is 5.56 Å². The Morgan fingerprint density at radius 1 is 1.45 bits per heavy atom. The average molecular weight is 277 g/mol. The van der Waals surface area contributed by atoms with Gasteiger partial charge in [-0.1, -0.05) is 18.1 Å². The van der Waals surface area contributed by atoms with Crippen LogP contribution < -0.4 is 4.74 Å². The van der Waals surface area contributed by atoms with Crippen molar-refractivity contribution >= 4 is 5.97 Å². The van der Waals surface area contributed by atoms with Crippen LogP contribution in [0.15, 0.2) is 24.3 Å². The molecular weight excluding hydrogens is 258 g/mol. The average Bonchev–Trinajstić information content (AvgIpc) is 2.44. The second-order valence-electron chi connectivity index (χ2n) is 4.49. The zero-order valence-electron chi connectivity index (χ0n) is 11.5. The topological polar surface area (TPSA) is 70.0 Å². The van der Waals surface area contributed by atoms with Crippen LogP contribution in [0.25, 0.3) is 0 Å². The lowest BCUT2D eigenvalue weighted by Crippen LogP contribution is -2.36. The van der Waals surface area contributed by atoms with Crippen molar-refractivity contribution in [1.82, 2.24) is 4.90 Å². The summed E-state index contributed by atoms with van der Waals surface area (Å²) in [6, 6.07) is 7.09. The second kappa shape index (κ2) is 8.20. The molecule has 0 saturated heterocycles. The van der Waals surface area contributed by atoms with Gasteiger partial charge >= 0.3 is 5.97 Å². The predicted octanol–water partition coefficient (Wildman–Crippen LogP) is 0.618. The molecule has 0 radical (unpaired) electrons. The number of likely N-dealkylation sites (N-methyl/N-ethyl adjacent to an activating group) is 1. The summed E-state index contributed by atoms with van der Waals surface area (Å²) in [5, 5.41) is 17.9. The summed E-state index contributed by atoms with van der Waals surface area (Å²) in [7, 11) is 1.87. The van der Waals surface area contributed by atoms with Crippen molar-refractivity contribution in [2.45, 2.75) is 12.5 Å². The first-order chi connectivity index (χ1) is 9.56. The molecule has 0 heterocycles. The molecule has 0 aliphatic carbocycles. The number of hydrogen-bond acceptors (Lipinski definition) is 4. The van der Waals surface area contributed by atoms with E-state index in [0.717, 1.165) is 5.56 Å². The minimum absolute atomic E-state index is 0.0233. The Bertz CT molecular complexity index is 464. The highest BCUT2D eigenvalue weighted by Crippen LogP contribution is 2.14. The molecule has 5 heteroatoms. The summed E-state index contributed by atoms with van der Waals surface area (Å²) in [5.74, 6) is 2.04. The minimum atomic E-state index is -1.01. The SMILES string of the molecule is C#CCN(C)[C@H](CO)Cc1ccc(OCC(=O)O)cc1. The molecule has 108 valence electrons. The van der Waals surface area contributed by atoms with E-state index < -0.39 is 5.97 Å². The zero-order valence-corrected chi connectivity index (χ0v) is 11.5. The lowest BCUT2D eigenvalue weighted by molar-refractivity contribution is -0.139. The number of terminal acetylenes is 1. The highest BCUT2D eigenvalue weighted by atomic mass is 16.5. The summed E-state index contributed by atoms with van der Waals surface area (Å²) in [6.45, 7) is 0.143. The number of hydrogen-bond donors (Lipinski definition) is 2. The number of nitrogens with zero attached hydrogens (tertiary/aromatic N) is 1. The van der Waals surface area contributed by atoms with Crippen molar-refractivity contribution in [3.05, 3.63) is 29.8 Å². The maximum absolute atomic E-state index is 10.4. The van der Waals surface area contributed by atoms with E-state index in [1.165, 1.54) is 0 Å². The molecule has 0 aromatic heterocycles. The van der Waals surface area contributed by atoms with Crippen LogP contribution in [-0.4, -0.2) is 53.9 Å². The highest BCUT2D eigenvalue weighted by molar-refractivity contribution is 5.68. The molecule has 0 fully saturated rings. The molecule has 1 aromatic rings. The molecule has 0 amide bonds. The quantitative estimate of drug-likeness (QED) is 0.682. The number of rotatable bonds is 8. The van der Waals surface area contributed by atoms with Gasteiger partial charge in [0.2, 0.25) is 0 Å². The Hall–Kier alpha value is -2.03. The molecule has 0 spiro atoms. The maximum Gasteiger partial charge on any atom is 0.341 e. The molecule has 0 unspecified atom stereocenters. The van der Waals surface area contributed by atoms with E-state index in [2.05, 4.69) is 5.92 Å². The molecule has 1 atom stereocenters. The highest BCUT2D eigenvalue weighted by Gasteiger charge is 2.13. The van der Waals surface area contributed by atoms with Crippen LogP contribution in [0, 0.1) is 12.3 Å². The van der Waals surface area contributed by atoms with Gasteiger partial charge in [-0.05, 0) is 31.2 Å². The van der Waals surface area contributed by atoms with Gasteiger partial charge in [-0.2, -0.15) is 0 Å². The van der Waals surface area contributed by atoms with Crippen LogP contribution >= 0.6 is 0 Å². The van der Waals surface area contributed by atoms with Crippen molar-refractivity contribution in [3.63, 3.8) is 0 Å². The molecule has 2 N–H and O–H groups in total. The first-order valence-corrected chi connectivity index (χ1v) is 6.25. The number of ether oxygens (including phenoxy) is 1. The number of aliphatic carboxylic acids is 1. The van der Waals surface area contributed by atoms with Gasteiger partial charge < -0.3 is 14.9 Å². The summed E-state index contributed by atoms with van der Waals surface area (Å²) >= 11 is 0. The monoisotopic (exact) mass is 277 g/mol. The first-order valence-electron chi connectivity index (χ1n) is 6.25. The normalized spacial score (nSPS) is 11.9. The van der Waals surface area contributed by atoms with Gasteiger partial charge in [0.1, 0.15) is 5.75 Å². The van der Waals surface area contributed by atoms with Crippen molar-refractivity contribution in [2.75, 3.05) is 26.8 Å². The van der Waals surface area contributed by atoms with Crippen molar-refractivity contribution in [1.29, 1.82) is 0 Å². The van der Waals surface area contributed by atoms with Crippen molar-refractivity contribution < 1.29 is 19.7 Å². The Labute approximate surface area is 118 Å². The number of carboxylic acids is 1. The van der Waals surface area contributed by atoms with E-state index in [-0.39, 0.29) is 19.3 Å². The first kappa shape index (κ1) is 16.0. The Morgan fingerprint density at radius 3 is 2.60 bits per heavy atom. The smallest absolute Gasteiger partial charge is 0.341 e. The molecule has 5 nitrogen and oxygen atoms in total. The third kappa shape index (κ3) is 5.31. The van der Waals surface area contributed by atoms with Gasteiger partial charge in [-0.25, -0.2) is 4.79 Å². The van der Waals surface area contributed by atoms with Gasteiger partial charge in [-0.3, -0.25) is 4.90 Å². The molecule has 0 aliphatic rings. The predicted molar refractivity (Wildman–Crippen MR) is 75.6 cm³/mol. The van der Waals surface area contributed by atoms with Gasteiger partial charge in [0, 0.05) is 6.04 Å². The van der Waals surface area contributed by atoms with Crippen LogP contribution in [0.5, 0.6) is 5.75 Å². The van der Waals surface area contributed by atoms with Crippen molar-refractivity contribution in [2.24, 2.45) is 0 Å². The number of aliphatic hydroxyl groups excluding tert-OH is 1. The second-order valence-corrected chi connectivity index (χ2v) is 4.49. The number of carboxylic acid groups (broad SMARTS) is 1. The molecule has 0 bridgehead atoms. The molecule has 20 heavy (non-hydrogen) atoms. The van der Waals surface area contributed by atoms with Gasteiger partial charge in [0.15, 0.2) is 6.61 Å². The number of carbonyl (C=O) groups is 1. The van der Waals surface area contributed by atoms with E-state index in [9.17, 15) is 9.90 Å². The fourth-order valence-electron chi connectivity index (χ4n) is 1.77. The third-order valence-electron chi connectivity index (χ3n) is 2.93. The molecule has 1 aromatic carbocycles. The van der Waals surface area contributed by atoms with Crippen LogP contribution in [0.2, 0.25) is 0 Å². The summed E-state index contributed by atoms with van der Waals surface area (Å²) in [4.78, 5) is 12.3. The summed E-state index contributed by atoms with van der Waals surface area (Å²) < 4.78 is 5.05. The Kier molecular flexibility index (Phi) is 6.57. The fraction of sp³-hybridized carbons (Fsp3) is 0.400. The zero-order chi connectivity index (χ0) is 15.0. The van der Waals surface area contributed by atoms with Crippen molar-refractivity contribution in [3.8, 4) is 18.1 Å². The molecule has 0 aliphatic heterocycles. The Balaban J connectivity index is 2.59. The van der Waals surface area contributed by atoms with Gasteiger partial charge in [0.25, 0.3) is 0 Å². The third-order valence-corrected chi connectivity index (χ3v) is 2.93. The standard InChI is InChI=1S/C15H19NO4/c1-3-8-16(2)13(10-17)9-12-4-6-14(7-5-12)20-11-15(18)19/h1,4-7,13,17H,8-11H2,2H3,(H,18,19)/t13-/m0/s1. The summed E-state index contributed by atoms with van der Waals surface area (Å²) in [5.41, 5.74) is 1.02. The lowest BCUT2D eigenvalue weighted by Gasteiger charge is -2.24.